The summed E-state index contributed by atoms with van der Waals surface area (Å²) in [7, 11) is -3.06. The summed E-state index contributed by atoms with van der Waals surface area (Å²) in [5.41, 5.74) is 4.29. The summed E-state index contributed by atoms with van der Waals surface area (Å²) < 4.78 is 37.4. The highest BCUT2D eigenvalue weighted by Crippen LogP contribution is 2.37. The molecule has 0 N–H and O–H groups in total. The Balaban J connectivity index is 1.64. The zero-order chi connectivity index (χ0) is 19.2. The summed E-state index contributed by atoms with van der Waals surface area (Å²) in [4.78, 5) is 6.85. The number of thioether (sulfide) groups is 1. The van der Waals surface area contributed by atoms with E-state index in [0.29, 0.717) is 5.75 Å². The van der Waals surface area contributed by atoms with Crippen molar-refractivity contribution in [1.29, 1.82) is 0 Å². The van der Waals surface area contributed by atoms with Crippen molar-refractivity contribution < 1.29 is 12.8 Å². The molecule has 2 heterocycles. The number of amidine groups is 1. The number of aliphatic imine (C=N–C) groups is 1. The maximum atomic E-state index is 13.1. The van der Waals surface area contributed by atoms with Crippen molar-refractivity contribution in [2.75, 3.05) is 16.4 Å². The molecule has 2 aromatic carbocycles. The lowest BCUT2D eigenvalue weighted by Gasteiger charge is -2.28. The first-order chi connectivity index (χ1) is 12.8. The van der Waals surface area contributed by atoms with E-state index in [-0.39, 0.29) is 29.4 Å². The fourth-order valence-corrected chi connectivity index (χ4v) is 6.63. The van der Waals surface area contributed by atoms with Gasteiger partial charge in [-0.05, 0) is 43.2 Å². The predicted molar refractivity (Wildman–Crippen MR) is 110 cm³/mol. The first-order valence-corrected chi connectivity index (χ1v) is 11.6. The van der Waals surface area contributed by atoms with Gasteiger partial charge in [-0.3, -0.25) is 4.99 Å². The maximum absolute atomic E-state index is 13.1. The highest BCUT2D eigenvalue weighted by atomic mass is 32.2. The molecular formula is C20H21FN2O2S2. The van der Waals surface area contributed by atoms with Crippen LogP contribution in [0.3, 0.4) is 0 Å². The summed E-state index contributed by atoms with van der Waals surface area (Å²) >= 11 is 1.57. The molecule has 0 aromatic heterocycles. The van der Waals surface area contributed by atoms with Crippen molar-refractivity contribution >= 4 is 32.5 Å². The predicted octanol–water partition coefficient (Wildman–Crippen LogP) is 3.72. The van der Waals surface area contributed by atoms with Crippen LogP contribution in [0.5, 0.6) is 0 Å². The van der Waals surface area contributed by atoms with Crippen molar-refractivity contribution in [3.05, 3.63) is 65.0 Å². The van der Waals surface area contributed by atoms with Crippen molar-refractivity contribution in [3.8, 4) is 0 Å². The smallest absolute Gasteiger partial charge is 0.164 e. The van der Waals surface area contributed by atoms with Crippen LogP contribution in [-0.4, -0.2) is 37.2 Å². The van der Waals surface area contributed by atoms with E-state index in [0.717, 1.165) is 22.0 Å². The zero-order valence-corrected chi connectivity index (χ0v) is 16.9. The van der Waals surface area contributed by atoms with Gasteiger partial charge in [0.2, 0.25) is 0 Å². The average Bonchev–Trinajstić information content (AvgIpc) is 3.06. The number of aryl methyl sites for hydroxylation is 2. The van der Waals surface area contributed by atoms with E-state index < -0.39 is 9.84 Å². The van der Waals surface area contributed by atoms with Gasteiger partial charge in [-0.2, -0.15) is 0 Å². The third-order valence-electron chi connectivity index (χ3n) is 5.00. The van der Waals surface area contributed by atoms with Gasteiger partial charge in [0, 0.05) is 11.4 Å². The Morgan fingerprint density at radius 1 is 1.15 bits per heavy atom. The van der Waals surface area contributed by atoms with Crippen LogP contribution in [0, 0.1) is 19.7 Å². The van der Waals surface area contributed by atoms with E-state index in [9.17, 15) is 12.8 Å². The normalized spacial score (nSPS) is 23.4. The van der Waals surface area contributed by atoms with Crippen LogP contribution in [0.4, 0.5) is 10.1 Å². The molecule has 0 aliphatic carbocycles. The largest absolute Gasteiger partial charge is 0.315 e. The summed E-state index contributed by atoms with van der Waals surface area (Å²) in [6.07, 6.45) is 0. The van der Waals surface area contributed by atoms with Gasteiger partial charge in [-0.1, -0.05) is 41.6 Å². The van der Waals surface area contributed by atoms with Crippen LogP contribution in [0.2, 0.25) is 0 Å². The van der Waals surface area contributed by atoms with Crippen LogP contribution in [0.15, 0.2) is 47.5 Å². The van der Waals surface area contributed by atoms with Gasteiger partial charge in [0.15, 0.2) is 15.0 Å². The summed E-state index contributed by atoms with van der Waals surface area (Å²) in [5.74, 6) is 0.653. The Morgan fingerprint density at radius 3 is 2.59 bits per heavy atom. The minimum Gasteiger partial charge on any atom is -0.315 e. The lowest BCUT2D eigenvalue weighted by Crippen LogP contribution is -2.39. The van der Waals surface area contributed by atoms with Gasteiger partial charge in [-0.25, -0.2) is 12.8 Å². The molecule has 0 unspecified atom stereocenters. The summed E-state index contributed by atoms with van der Waals surface area (Å²) in [6.45, 7) is 4.09. The molecule has 4 nitrogen and oxygen atoms in total. The van der Waals surface area contributed by atoms with Gasteiger partial charge in [-0.15, -0.1) is 0 Å². The van der Waals surface area contributed by atoms with Gasteiger partial charge in [0.05, 0.1) is 23.6 Å². The molecule has 2 aliphatic rings. The molecular weight excluding hydrogens is 383 g/mol. The Kier molecular flexibility index (Phi) is 4.76. The molecule has 2 atom stereocenters. The van der Waals surface area contributed by atoms with Crippen LogP contribution < -0.4 is 4.90 Å². The number of rotatable bonds is 3. The molecule has 2 aliphatic heterocycles. The van der Waals surface area contributed by atoms with Crippen molar-refractivity contribution in [1.82, 2.24) is 0 Å². The Morgan fingerprint density at radius 2 is 1.89 bits per heavy atom. The third kappa shape index (κ3) is 3.75. The van der Waals surface area contributed by atoms with Gasteiger partial charge >= 0.3 is 0 Å². The molecule has 0 saturated carbocycles. The minimum absolute atomic E-state index is 0.111. The lowest BCUT2D eigenvalue weighted by atomic mass is 10.1. The van der Waals surface area contributed by atoms with Gasteiger partial charge in [0.25, 0.3) is 0 Å². The first-order valence-electron chi connectivity index (χ1n) is 8.84. The van der Waals surface area contributed by atoms with E-state index >= 15 is 0 Å². The molecule has 2 aromatic rings. The number of halogens is 1. The molecule has 0 bridgehead atoms. The van der Waals surface area contributed by atoms with Crippen molar-refractivity contribution in [3.63, 3.8) is 0 Å². The SMILES string of the molecule is Cc1ccc(N2C(SCc3ccc(F)cc3)=N[C@H]3CS(=O)(=O)C[C@@H]32)c(C)c1. The molecule has 1 saturated heterocycles. The van der Waals surface area contributed by atoms with E-state index in [2.05, 4.69) is 11.0 Å². The molecule has 27 heavy (non-hydrogen) atoms. The Bertz CT molecular complexity index is 1000. The fraction of sp³-hybridized carbons (Fsp3) is 0.350. The van der Waals surface area contributed by atoms with Crippen LogP contribution in [0.25, 0.3) is 0 Å². The Hall–Kier alpha value is -1.86. The number of hydrogen-bond donors (Lipinski definition) is 0. The van der Waals surface area contributed by atoms with Crippen LogP contribution >= 0.6 is 11.8 Å². The number of benzene rings is 2. The van der Waals surface area contributed by atoms with Crippen LogP contribution in [0.1, 0.15) is 16.7 Å². The lowest BCUT2D eigenvalue weighted by molar-refractivity contribution is 0.601. The summed E-state index contributed by atoms with van der Waals surface area (Å²) in [5, 5.41) is 0.844. The molecule has 0 radical (unpaired) electrons. The topological polar surface area (TPSA) is 49.7 Å². The van der Waals surface area contributed by atoms with Gasteiger partial charge < -0.3 is 4.90 Å². The molecule has 142 valence electrons. The van der Waals surface area contributed by atoms with Gasteiger partial charge in [0.1, 0.15) is 5.82 Å². The van der Waals surface area contributed by atoms with E-state index in [1.807, 2.05) is 26.0 Å². The van der Waals surface area contributed by atoms with E-state index in [1.54, 1.807) is 23.9 Å². The molecule has 0 spiro atoms. The number of sulfone groups is 1. The minimum atomic E-state index is -3.06. The average molecular weight is 405 g/mol. The van der Waals surface area contributed by atoms with Crippen molar-refractivity contribution in [2.24, 2.45) is 4.99 Å². The fourth-order valence-electron chi connectivity index (χ4n) is 3.72. The second-order valence-electron chi connectivity index (χ2n) is 7.20. The molecule has 7 heteroatoms. The zero-order valence-electron chi connectivity index (χ0n) is 15.2. The first kappa shape index (κ1) is 18.5. The summed E-state index contributed by atoms with van der Waals surface area (Å²) in [6, 6.07) is 12.3. The monoisotopic (exact) mass is 404 g/mol. The van der Waals surface area contributed by atoms with Crippen molar-refractivity contribution in [2.45, 2.75) is 31.7 Å². The van der Waals surface area contributed by atoms with Crippen LogP contribution in [-0.2, 0) is 15.6 Å². The number of nitrogens with zero attached hydrogens (tertiary/aromatic N) is 2. The highest BCUT2D eigenvalue weighted by Gasteiger charge is 2.47. The molecule has 1 fully saturated rings. The number of fused-ring (bicyclic) bond motifs is 1. The second-order valence-corrected chi connectivity index (χ2v) is 10.3. The highest BCUT2D eigenvalue weighted by molar-refractivity contribution is 8.13. The standard InChI is InChI=1S/C20H21FN2O2S2/c1-13-3-8-18(14(2)9-13)23-19-12-27(24,25)11-17(19)22-20(23)26-10-15-4-6-16(21)7-5-15/h3-9,17,19H,10-12H2,1-2H3/t17-,19-/m0/s1. The molecule has 4 rings (SSSR count). The Labute approximate surface area is 163 Å². The maximum Gasteiger partial charge on any atom is 0.164 e. The third-order valence-corrected chi connectivity index (χ3v) is 7.74. The van der Waals surface area contributed by atoms with E-state index in [1.165, 1.54) is 17.7 Å². The molecule has 0 amide bonds. The quantitative estimate of drug-likeness (QED) is 0.782. The second kappa shape index (κ2) is 6.95. The number of hydrogen-bond acceptors (Lipinski definition) is 5. The number of anilines is 1. The van der Waals surface area contributed by atoms with E-state index in [4.69, 9.17) is 4.99 Å².